The van der Waals surface area contributed by atoms with E-state index in [9.17, 15) is 13.9 Å². The largest absolute Gasteiger partial charge is 0.387 e. The fourth-order valence-electron chi connectivity index (χ4n) is 2.39. The second kappa shape index (κ2) is 6.20. The average molecular weight is 287 g/mol. The number of thioether (sulfide) groups is 1. The highest BCUT2D eigenvalue weighted by atomic mass is 32.2. The lowest BCUT2D eigenvalue weighted by Gasteiger charge is -2.40. The van der Waals surface area contributed by atoms with Gasteiger partial charge in [-0.05, 0) is 31.2 Å². The lowest BCUT2D eigenvalue weighted by atomic mass is 9.84. The van der Waals surface area contributed by atoms with E-state index in [2.05, 4.69) is 11.6 Å². The Labute approximate surface area is 116 Å². The van der Waals surface area contributed by atoms with Gasteiger partial charge in [0.15, 0.2) is 0 Å². The minimum absolute atomic E-state index is 0.167. The first kappa shape index (κ1) is 14.8. The summed E-state index contributed by atoms with van der Waals surface area (Å²) in [7, 11) is 0. The van der Waals surface area contributed by atoms with Crippen molar-refractivity contribution in [2.45, 2.75) is 30.1 Å². The van der Waals surface area contributed by atoms with E-state index in [0.717, 1.165) is 31.5 Å². The van der Waals surface area contributed by atoms with Gasteiger partial charge in [0.1, 0.15) is 11.6 Å². The van der Waals surface area contributed by atoms with Crippen molar-refractivity contribution in [2.24, 2.45) is 0 Å². The summed E-state index contributed by atoms with van der Waals surface area (Å²) in [4.78, 5) is 0. The topological polar surface area (TPSA) is 32.3 Å². The molecule has 0 radical (unpaired) electrons. The molecule has 1 atom stereocenters. The molecule has 0 bridgehead atoms. The van der Waals surface area contributed by atoms with Crippen LogP contribution < -0.4 is 5.32 Å². The lowest BCUT2D eigenvalue weighted by Crippen LogP contribution is -2.44. The van der Waals surface area contributed by atoms with Crippen LogP contribution in [0.15, 0.2) is 18.2 Å². The van der Waals surface area contributed by atoms with Crippen LogP contribution in [0.3, 0.4) is 0 Å². The first-order chi connectivity index (χ1) is 9.08. The third-order valence-electron chi connectivity index (χ3n) is 3.82. The molecule has 1 aliphatic carbocycles. The SMILES string of the molecule is CSC1(CNCC(O)c2c(F)cccc2F)CCC1. The van der Waals surface area contributed by atoms with Crippen LogP contribution in [0, 0.1) is 11.6 Å². The number of nitrogens with one attached hydrogen (secondary N) is 1. The molecule has 1 aromatic carbocycles. The molecule has 106 valence electrons. The second-order valence-corrected chi connectivity index (χ2v) is 6.30. The van der Waals surface area contributed by atoms with Crippen molar-refractivity contribution in [3.63, 3.8) is 0 Å². The zero-order valence-electron chi connectivity index (χ0n) is 11.0. The number of aliphatic hydroxyl groups excluding tert-OH is 1. The van der Waals surface area contributed by atoms with Crippen LogP contribution in [0.2, 0.25) is 0 Å². The van der Waals surface area contributed by atoms with Gasteiger partial charge in [0.2, 0.25) is 0 Å². The summed E-state index contributed by atoms with van der Waals surface area (Å²) in [5, 5.41) is 13.0. The maximum Gasteiger partial charge on any atom is 0.131 e. The summed E-state index contributed by atoms with van der Waals surface area (Å²) in [5.41, 5.74) is -0.248. The molecule has 1 fully saturated rings. The summed E-state index contributed by atoms with van der Waals surface area (Å²) in [5.74, 6) is -1.39. The molecule has 1 saturated carbocycles. The van der Waals surface area contributed by atoms with E-state index < -0.39 is 17.7 Å². The fraction of sp³-hybridized carbons (Fsp3) is 0.571. The molecule has 19 heavy (non-hydrogen) atoms. The smallest absolute Gasteiger partial charge is 0.131 e. The Morgan fingerprint density at radius 3 is 2.47 bits per heavy atom. The number of hydrogen-bond donors (Lipinski definition) is 2. The molecule has 0 saturated heterocycles. The van der Waals surface area contributed by atoms with Gasteiger partial charge in [-0.15, -0.1) is 0 Å². The molecule has 0 aromatic heterocycles. The Balaban J connectivity index is 1.89. The van der Waals surface area contributed by atoms with E-state index in [-0.39, 0.29) is 16.9 Å². The van der Waals surface area contributed by atoms with E-state index in [1.165, 1.54) is 12.5 Å². The van der Waals surface area contributed by atoms with Crippen molar-refractivity contribution in [1.29, 1.82) is 0 Å². The second-order valence-electron chi connectivity index (χ2n) is 5.02. The zero-order chi connectivity index (χ0) is 13.9. The van der Waals surface area contributed by atoms with Crippen molar-refractivity contribution in [3.8, 4) is 0 Å². The summed E-state index contributed by atoms with van der Waals surface area (Å²) in [6, 6.07) is 3.62. The van der Waals surface area contributed by atoms with Crippen molar-refractivity contribution in [1.82, 2.24) is 5.32 Å². The van der Waals surface area contributed by atoms with E-state index in [1.54, 1.807) is 0 Å². The molecule has 2 rings (SSSR count). The van der Waals surface area contributed by atoms with Crippen LogP contribution >= 0.6 is 11.8 Å². The van der Waals surface area contributed by atoms with Gasteiger partial charge in [-0.25, -0.2) is 8.78 Å². The van der Waals surface area contributed by atoms with E-state index in [0.29, 0.717) is 0 Å². The molecule has 1 aliphatic rings. The minimum atomic E-state index is -1.15. The average Bonchev–Trinajstić information content (AvgIpc) is 2.32. The highest BCUT2D eigenvalue weighted by molar-refractivity contribution is 8.00. The first-order valence-corrected chi connectivity index (χ1v) is 7.68. The molecule has 1 unspecified atom stereocenters. The van der Waals surface area contributed by atoms with Crippen molar-refractivity contribution < 1.29 is 13.9 Å². The monoisotopic (exact) mass is 287 g/mol. The Morgan fingerprint density at radius 2 is 2.00 bits per heavy atom. The molecule has 2 nitrogen and oxygen atoms in total. The first-order valence-electron chi connectivity index (χ1n) is 6.46. The quantitative estimate of drug-likeness (QED) is 0.844. The number of benzene rings is 1. The van der Waals surface area contributed by atoms with Gasteiger partial charge in [-0.2, -0.15) is 11.8 Å². The van der Waals surface area contributed by atoms with Gasteiger partial charge in [-0.1, -0.05) is 12.5 Å². The van der Waals surface area contributed by atoms with E-state index >= 15 is 0 Å². The molecular weight excluding hydrogens is 268 g/mol. The molecule has 0 spiro atoms. The third-order valence-corrected chi connectivity index (χ3v) is 5.23. The predicted molar refractivity (Wildman–Crippen MR) is 74.3 cm³/mol. The third kappa shape index (κ3) is 3.27. The molecular formula is C14H19F2NOS. The maximum absolute atomic E-state index is 13.5. The lowest BCUT2D eigenvalue weighted by molar-refractivity contribution is 0.161. The van der Waals surface area contributed by atoms with Crippen LogP contribution in [-0.4, -0.2) is 29.2 Å². The fourth-order valence-corrected chi connectivity index (χ4v) is 3.34. The molecule has 0 aliphatic heterocycles. The van der Waals surface area contributed by atoms with Gasteiger partial charge in [0, 0.05) is 17.8 Å². The van der Waals surface area contributed by atoms with Crippen LogP contribution in [0.25, 0.3) is 0 Å². The Morgan fingerprint density at radius 1 is 1.37 bits per heavy atom. The van der Waals surface area contributed by atoms with Crippen molar-refractivity contribution in [3.05, 3.63) is 35.4 Å². The number of halogens is 2. The molecule has 2 N–H and O–H groups in total. The van der Waals surface area contributed by atoms with Gasteiger partial charge < -0.3 is 10.4 Å². The summed E-state index contributed by atoms with van der Waals surface area (Å²) in [6.07, 6.45) is 4.47. The molecule has 5 heteroatoms. The standard InChI is InChI=1S/C14H19F2NOS/c1-19-14(6-3-7-14)9-17-8-12(18)13-10(15)4-2-5-11(13)16/h2,4-5,12,17-18H,3,6-9H2,1H3. The zero-order valence-corrected chi connectivity index (χ0v) is 11.8. The Bertz CT molecular complexity index is 412. The van der Waals surface area contributed by atoms with Crippen molar-refractivity contribution >= 4 is 11.8 Å². The molecule has 1 aromatic rings. The van der Waals surface area contributed by atoms with Crippen molar-refractivity contribution in [2.75, 3.05) is 19.3 Å². The molecule has 0 heterocycles. The van der Waals surface area contributed by atoms with Gasteiger partial charge >= 0.3 is 0 Å². The summed E-state index contributed by atoms with van der Waals surface area (Å²) >= 11 is 1.82. The predicted octanol–water partition coefficient (Wildman–Crippen LogP) is 2.87. The van der Waals surface area contributed by atoms with Crippen LogP contribution in [-0.2, 0) is 0 Å². The van der Waals surface area contributed by atoms with E-state index in [4.69, 9.17) is 0 Å². The minimum Gasteiger partial charge on any atom is -0.387 e. The highest BCUT2D eigenvalue weighted by Crippen LogP contribution is 2.42. The number of rotatable bonds is 6. The highest BCUT2D eigenvalue weighted by Gasteiger charge is 2.35. The van der Waals surface area contributed by atoms with Crippen LogP contribution in [0.4, 0.5) is 8.78 Å². The summed E-state index contributed by atoms with van der Waals surface area (Å²) in [6.45, 7) is 0.932. The molecule has 0 amide bonds. The number of hydrogen-bond acceptors (Lipinski definition) is 3. The Kier molecular flexibility index (Phi) is 4.81. The number of aliphatic hydroxyl groups is 1. The summed E-state index contributed by atoms with van der Waals surface area (Å²) < 4.78 is 27.2. The van der Waals surface area contributed by atoms with Gasteiger partial charge in [-0.3, -0.25) is 0 Å². The van der Waals surface area contributed by atoms with E-state index in [1.807, 2.05) is 11.8 Å². The maximum atomic E-state index is 13.5. The Hall–Kier alpha value is -0.650. The van der Waals surface area contributed by atoms with Crippen LogP contribution in [0.1, 0.15) is 30.9 Å². The van der Waals surface area contributed by atoms with Gasteiger partial charge in [0.25, 0.3) is 0 Å². The normalized spacial score (nSPS) is 18.9. The van der Waals surface area contributed by atoms with Crippen LogP contribution in [0.5, 0.6) is 0 Å². The van der Waals surface area contributed by atoms with Gasteiger partial charge in [0.05, 0.1) is 11.7 Å².